The van der Waals surface area contributed by atoms with Crippen LogP contribution in [0.2, 0.25) is 0 Å². The Morgan fingerprint density at radius 1 is 1.03 bits per heavy atom. The monoisotopic (exact) mass is 450 g/mol. The lowest BCUT2D eigenvalue weighted by Crippen LogP contribution is -2.42. The Kier molecular flexibility index (Phi) is 7.29. The van der Waals surface area contributed by atoms with Crippen LogP contribution >= 0.6 is 0 Å². The van der Waals surface area contributed by atoms with Crippen molar-refractivity contribution in [2.24, 2.45) is 0 Å². The Labute approximate surface area is 179 Å². The zero-order chi connectivity index (χ0) is 22.4. The second-order valence-electron chi connectivity index (χ2n) is 7.01. The van der Waals surface area contributed by atoms with Gasteiger partial charge in [0, 0.05) is 26.7 Å². The summed E-state index contributed by atoms with van der Waals surface area (Å²) in [7, 11) is -2.46. The van der Waals surface area contributed by atoms with Gasteiger partial charge in [-0.05, 0) is 18.6 Å². The highest BCUT2D eigenvalue weighted by atomic mass is 32.2. The van der Waals surface area contributed by atoms with Gasteiger partial charge in [-0.2, -0.15) is 8.42 Å². The van der Waals surface area contributed by atoms with Crippen LogP contribution in [0.15, 0.2) is 46.2 Å². The molecule has 0 saturated heterocycles. The molecule has 0 radical (unpaired) electrons. The van der Waals surface area contributed by atoms with Crippen molar-refractivity contribution in [3.63, 3.8) is 0 Å². The van der Waals surface area contributed by atoms with E-state index in [0.717, 1.165) is 11.0 Å². The first-order valence-electron chi connectivity index (χ1n) is 10.0. The van der Waals surface area contributed by atoms with E-state index < -0.39 is 27.1 Å². The minimum atomic E-state index is -4.01. The number of fused-ring (bicyclic) bond motifs is 1. The van der Waals surface area contributed by atoms with Crippen LogP contribution < -0.4 is 15.4 Å². The lowest BCUT2D eigenvalue weighted by Gasteiger charge is -2.13. The maximum Gasteiger partial charge on any atom is 0.332 e. The van der Waals surface area contributed by atoms with Crippen LogP contribution in [0.5, 0.6) is 5.75 Å². The quantitative estimate of drug-likeness (QED) is 0.403. The second-order valence-corrected chi connectivity index (χ2v) is 8.70. The van der Waals surface area contributed by atoms with Gasteiger partial charge in [0.2, 0.25) is 0 Å². The molecule has 11 heteroatoms. The Morgan fingerprint density at radius 2 is 1.77 bits per heavy atom. The van der Waals surface area contributed by atoms with E-state index in [0.29, 0.717) is 31.8 Å². The van der Waals surface area contributed by atoms with Gasteiger partial charge in [0.25, 0.3) is 5.56 Å². The highest BCUT2D eigenvalue weighted by Crippen LogP contribution is 2.12. The highest BCUT2D eigenvalue weighted by molar-refractivity contribution is 7.87. The highest BCUT2D eigenvalue weighted by Gasteiger charge is 2.20. The summed E-state index contributed by atoms with van der Waals surface area (Å²) in [4.78, 5) is 30.4. The molecule has 3 rings (SSSR count). The molecule has 10 nitrogen and oxygen atoms in total. The van der Waals surface area contributed by atoms with Crippen LogP contribution in [0.4, 0.5) is 0 Å². The number of para-hydroxylation sites is 1. The molecule has 2 aromatic heterocycles. The number of benzene rings is 1. The van der Waals surface area contributed by atoms with E-state index in [2.05, 4.69) is 4.98 Å². The van der Waals surface area contributed by atoms with Gasteiger partial charge in [-0.1, -0.05) is 31.5 Å². The Balaban J connectivity index is 1.98. The van der Waals surface area contributed by atoms with Crippen LogP contribution in [0.1, 0.15) is 19.8 Å². The van der Waals surface area contributed by atoms with Crippen molar-refractivity contribution in [3.05, 3.63) is 57.5 Å². The molecule has 1 aromatic carbocycles. The van der Waals surface area contributed by atoms with Gasteiger partial charge < -0.3 is 13.5 Å². The minimum absolute atomic E-state index is 0.170. The number of rotatable bonds is 11. The molecule has 0 fully saturated rings. The Hall–Kier alpha value is -2.92. The molecule has 0 bridgehead atoms. The molecule has 0 saturated carbocycles. The molecule has 0 amide bonds. The lowest BCUT2D eigenvalue weighted by molar-refractivity contribution is 0.188. The van der Waals surface area contributed by atoms with Crippen molar-refractivity contribution in [2.45, 2.75) is 39.4 Å². The minimum Gasteiger partial charge on any atom is -0.383 e. The molecule has 0 aliphatic carbocycles. The molecule has 3 aromatic rings. The van der Waals surface area contributed by atoms with Crippen LogP contribution in [-0.4, -0.2) is 46.6 Å². The molecule has 0 N–H and O–H groups in total. The van der Waals surface area contributed by atoms with Crippen molar-refractivity contribution in [1.82, 2.24) is 18.7 Å². The van der Waals surface area contributed by atoms with Gasteiger partial charge >= 0.3 is 15.8 Å². The molecule has 31 heavy (non-hydrogen) atoms. The van der Waals surface area contributed by atoms with Crippen LogP contribution in [0.3, 0.4) is 0 Å². The molecule has 0 aliphatic heterocycles. The summed E-state index contributed by atoms with van der Waals surface area (Å²) in [6, 6.07) is 8.07. The van der Waals surface area contributed by atoms with E-state index in [9.17, 15) is 18.0 Å². The Morgan fingerprint density at radius 3 is 2.45 bits per heavy atom. The van der Waals surface area contributed by atoms with Crippen LogP contribution in [-0.2, 0) is 34.5 Å². The third-order valence-corrected chi connectivity index (χ3v) is 5.92. The van der Waals surface area contributed by atoms with E-state index in [1.54, 1.807) is 29.9 Å². The predicted molar refractivity (Wildman–Crippen MR) is 116 cm³/mol. The summed E-state index contributed by atoms with van der Waals surface area (Å²) in [6.07, 6.45) is 3.05. The zero-order valence-corrected chi connectivity index (χ0v) is 18.4. The topological polar surface area (TPSA) is 114 Å². The fourth-order valence-electron chi connectivity index (χ4n) is 3.18. The van der Waals surface area contributed by atoms with Crippen molar-refractivity contribution in [2.75, 3.05) is 19.5 Å². The maximum absolute atomic E-state index is 13.1. The predicted octanol–water partition coefficient (Wildman–Crippen LogP) is 1.21. The van der Waals surface area contributed by atoms with E-state index >= 15 is 0 Å². The van der Waals surface area contributed by atoms with Gasteiger partial charge in [0.1, 0.15) is 11.5 Å². The first-order chi connectivity index (χ1) is 14.9. The first-order valence-corrected chi connectivity index (χ1v) is 11.6. The number of hydrogen-bond donors (Lipinski definition) is 0. The van der Waals surface area contributed by atoms with Crippen molar-refractivity contribution in [1.29, 1.82) is 0 Å². The maximum atomic E-state index is 13.1. The average Bonchev–Trinajstić information content (AvgIpc) is 3.16. The van der Waals surface area contributed by atoms with Gasteiger partial charge in [0.15, 0.2) is 11.2 Å². The van der Waals surface area contributed by atoms with E-state index in [-0.39, 0.29) is 17.8 Å². The smallest absolute Gasteiger partial charge is 0.332 e. The van der Waals surface area contributed by atoms with Gasteiger partial charge in [-0.3, -0.25) is 13.9 Å². The molecular weight excluding hydrogens is 424 g/mol. The third kappa shape index (κ3) is 5.23. The number of unbranched alkanes of at least 4 members (excludes halogenated alkanes) is 1. The van der Waals surface area contributed by atoms with E-state index in [1.165, 1.54) is 23.0 Å². The molecule has 168 valence electrons. The number of imidazole rings is 1. The zero-order valence-electron chi connectivity index (χ0n) is 17.6. The molecule has 0 aliphatic rings. The molecule has 0 unspecified atom stereocenters. The summed E-state index contributed by atoms with van der Waals surface area (Å²) in [6.45, 7) is 2.77. The largest absolute Gasteiger partial charge is 0.383 e. The van der Waals surface area contributed by atoms with Crippen molar-refractivity contribution >= 4 is 21.3 Å². The van der Waals surface area contributed by atoms with Gasteiger partial charge in [-0.25, -0.2) is 9.78 Å². The van der Waals surface area contributed by atoms with Crippen LogP contribution in [0.25, 0.3) is 11.2 Å². The second kappa shape index (κ2) is 9.92. The molecule has 0 spiro atoms. The number of methoxy groups -OCH3 is 1. The number of hydrogen-bond acceptors (Lipinski definition) is 7. The van der Waals surface area contributed by atoms with Gasteiger partial charge in [-0.15, -0.1) is 0 Å². The molecular formula is C20H26N4O6S. The molecule has 0 atom stereocenters. The summed E-state index contributed by atoms with van der Waals surface area (Å²) in [5.74, 6) is -0.356. The standard InChI is InChI=1S/C20H26N4O6S/c1-3-4-10-23-18-17(22(15-21-18)11-13-29-2)19(25)24(20(23)26)12-14-31(27,28)30-16-8-6-5-7-9-16/h5-9,15H,3-4,10-14H2,1-2H3. The number of ether oxygens (including phenoxy) is 1. The summed E-state index contributed by atoms with van der Waals surface area (Å²) in [5.41, 5.74) is -0.637. The summed E-state index contributed by atoms with van der Waals surface area (Å²) >= 11 is 0. The van der Waals surface area contributed by atoms with Crippen LogP contribution in [0, 0.1) is 0 Å². The van der Waals surface area contributed by atoms with E-state index in [1.807, 2.05) is 6.92 Å². The van der Waals surface area contributed by atoms with Gasteiger partial charge in [0.05, 0.1) is 12.9 Å². The fourth-order valence-corrected chi connectivity index (χ4v) is 4.07. The summed E-state index contributed by atoms with van der Waals surface area (Å²) in [5, 5.41) is 0. The third-order valence-electron chi connectivity index (χ3n) is 4.79. The number of aromatic nitrogens is 4. The lowest BCUT2D eigenvalue weighted by atomic mass is 10.3. The molecule has 2 heterocycles. The summed E-state index contributed by atoms with van der Waals surface area (Å²) < 4.78 is 38.9. The Bertz CT molecular complexity index is 1240. The van der Waals surface area contributed by atoms with Crippen molar-refractivity contribution in [3.8, 4) is 5.75 Å². The van der Waals surface area contributed by atoms with Crippen molar-refractivity contribution < 1.29 is 17.3 Å². The average molecular weight is 451 g/mol. The SMILES string of the molecule is CCCCn1c(=O)n(CCS(=O)(=O)Oc2ccccc2)c(=O)c2c1ncn2CCOC. The fraction of sp³-hybridized carbons (Fsp3) is 0.450. The number of aryl methyl sites for hydroxylation is 1. The normalized spacial score (nSPS) is 11.8. The van der Waals surface area contributed by atoms with E-state index in [4.69, 9.17) is 8.92 Å². The number of nitrogens with zero attached hydrogens (tertiary/aromatic N) is 4. The first kappa shape index (κ1) is 22.8.